The van der Waals surface area contributed by atoms with Gasteiger partial charge in [0.15, 0.2) is 0 Å². The molecule has 2 nitrogen and oxygen atoms in total. The smallest absolute Gasteiger partial charge is 0.423 e. The van der Waals surface area contributed by atoms with Crippen molar-refractivity contribution in [1.29, 1.82) is 0 Å². The summed E-state index contributed by atoms with van der Waals surface area (Å²) in [5, 5.41) is 19.0. The second-order valence-corrected chi connectivity index (χ2v) is 6.64. The van der Waals surface area contributed by atoms with Crippen molar-refractivity contribution in [1.82, 2.24) is 0 Å². The van der Waals surface area contributed by atoms with Gasteiger partial charge in [-0.25, -0.2) is 0 Å². The first-order valence-electron chi connectivity index (χ1n) is 6.05. The zero-order valence-electron chi connectivity index (χ0n) is 11.7. The van der Waals surface area contributed by atoms with Gasteiger partial charge in [0, 0.05) is 0 Å². The molecule has 1 rings (SSSR count). The zero-order valence-corrected chi connectivity index (χ0v) is 11.7. The van der Waals surface area contributed by atoms with Crippen LogP contribution in [0.3, 0.4) is 0 Å². The average molecular weight is 234 g/mol. The Bertz CT molecular complexity index is 398. The van der Waals surface area contributed by atoms with E-state index in [4.69, 9.17) is 0 Å². The third-order valence-corrected chi connectivity index (χ3v) is 2.93. The minimum Gasteiger partial charge on any atom is -0.423 e. The van der Waals surface area contributed by atoms with Crippen molar-refractivity contribution >= 4 is 12.6 Å². The summed E-state index contributed by atoms with van der Waals surface area (Å²) in [6.07, 6.45) is 0. The molecule has 1 aromatic carbocycles. The molecular formula is C14H23BO2. The Morgan fingerprint density at radius 3 is 1.76 bits per heavy atom. The largest absolute Gasteiger partial charge is 0.488 e. The van der Waals surface area contributed by atoms with Crippen molar-refractivity contribution in [2.45, 2.75) is 52.4 Å². The van der Waals surface area contributed by atoms with Crippen LogP contribution in [0.5, 0.6) is 0 Å². The van der Waals surface area contributed by atoms with E-state index in [2.05, 4.69) is 47.6 Å². The van der Waals surface area contributed by atoms with Gasteiger partial charge in [-0.3, -0.25) is 0 Å². The predicted molar refractivity (Wildman–Crippen MR) is 73.7 cm³/mol. The Kier molecular flexibility index (Phi) is 3.75. The number of benzene rings is 1. The third kappa shape index (κ3) is 3.11. The lowest BCUT2D eigenvalue weighted by Crippen LogP contribution is -2.39. The van der Waals surface area contributed by atoms with Gasteiger partial charge in [-0.2, -0.15) is 0 Å². The molecule has 0 saturated heterocycles. The topological polar surface area (TPSA) is 40.5 Å². The van der Waals surface area contributed by atoms with Gasteiger partial charge in [-0.15, -0.1) is 0 Å². The molecule has 0 amide bonds. The summed E-state index contributed by atoms with van der Waals surface area (Å²) in [5.41, 5.74) is 2.72. The van der Waals surface area contributed by atoms with Gasteiger partial charge in [0.2, 0.25) is 0 Å². The van der Waals surface area contributed by atoms with Gasteiger partial charge in [-0.05, 0) is 27.4 Å². The highest BCUT2D eigenvalue weighted by Crippen LogP contribution is 2.32. The highest BCUT2D eigenvalue weighted by atomic mass is 16.4. The van der Waals surface area contributed by atoms with Crippen LogP contribution < -0.4 is 5.46 Å². The van der Waals surface area contributed by atoms with E-state index in [1.807, 2.05) is 6.07 Å². The molecule has 17 heavy (non-hydrogen) atoms. The van der Waals surface area contributed by atoms with Crippen molar-refractivity contribution < 1.29 is 10.0 Å². The molecule has 0 heterocycles. The van der Waals surface area contributed by atoms with Crippen LogP contribution in [0.25, 0.3) is 0 Å². The Morgan fingerprint density at radius 2 is 1.41 bits per heavy atom. The third-order valence-electron chi connectivity index (χ3n) is 2.93. The Labute approximate surface area is 105 Å². The molecule has 0 atom stereocenters. The van der Waals surface area contributed by atoms with Crippen LogP contribution in [0.15, 0.2) is 18.2 Å². The average Bonchev–Trinajstić information content (AvgIpc) is 2.13. The lowest BCUT2D eigenvalue weighted by atomic mass is 9.65. The number of hydrogen-bond donors (Lipinski definition) is 2. The van der Waals surface area contributed by atoms with E-state index in [-0.39, 0.29) is 10.8 Å². The molecule has 0 aliphatic carbocycles. The van der Waals surface area contributed by atoms with Gasteiger partial charge in [0.1, 0.15) is 0 Å². The maximum Gasteiger partial charge on any atom is 0.488 e. The zero-order chi connectivity index (χ0) is 13.4. The predicted octanol–water partition coefficient (Wildman–Crippen LogP) is 1.96. The first-order chi connectivity index (χ1) is 7.55. The van der Waals surface area contributed by atoms with Gasteiger partial charge in [0.05, 0.1) is 0 Å². The van der Waals surface area contributed by atoms with Gasteiger partial charge in [-0.1, -0.05) is 59.7 Å². The summed E-state index contributed by atoms with van der Waals surface area (Å²) in [7, 11) is -1.41. The summed E-state index contributed by atoms with van der Waals surface area (Å²) in [4.78, 5) is 0. The molecule has 1 aromatic rings. The molecule has 0 fully saturated rings. The fourth-order valence-electron chi connectivity index (χ4n) is 2.25. The van der Waals surface area contributed by atoms with Crippen LogP contribution in [0.2, 0.25) is 0 Å². The van der Waals surface area contributed by atoms with Crippen LogP contribution in [-0.4, -0.2) is 17.2 Å². The summed E-state index contributed by atoms with van der Waals surface area (Å²) < 4.78 is 0. The quantitative estimate of drug-likeness (QED) is 0.729. The van der Waals surface area contributed by atoms with Crippen LogP contribution in [0.4, 0.5) is 0 Å². The summed E-state index contributed by atoms with van der Waals surface area (Å²) in [6, 6.07) is 5.76. The van der Waals surface area contributed by atoms with Crippen molar-refractivity contribution in [3.8, 4) is 0 Å². The maximum absolute atomic E-state index is 9.51. The van der Waals surface area contributed by atoms with Crippen LogP contribution in [-0.2, 0) is 10.8 Å². The molecule has 0 aliphatic rings. The monoisotopic (exact) mass is 234 g/mol. The molecule has 0 aromatic heterocycles. The molecule has 0 unspecified atom stereocenters. The SMILES string of the molecule is CC(C)(C)c1cccc(B(O)O)c1C(C)(C)C. The molecule has 0 bridgehead atoms. The van der Waals surface area contributed by atoms with Crippen LogP contribution >= 0.6 is 0 Å². The Hall–Kier alpha value is -0.795. The van der Waals surface area contributed by atoms with Crippen LogP contribution in [0, 0.1) is 0 Å². The fourth-order valence-corrected chi connectivity index (χ4v) is 2.25. The van der Waals surface area contributed by atoms with Gasteiger partial charge >= 0.3 is 7.12 Å². The molecule has 3 heteroatoms. The van der Waals surface area contributed by atoms with Crippen molar-refractivity contribution in [2.75, 3.05) is 0 Å². The standard InChI is InChI=1S/C14H23BO2/c1-13(2,3)10-8-7-9-11(15(16)17)12(10)14(4,5)6/h7-9,16-17H,1-6H3. The van der Waals surface area contributed by atoms with Crippen LogP contribution in [0.1, 0.15) is 52.7 Å². The summed E-state index contributed by atoms with van der Waals surface area (Å²) in [5.74, 6) is 0. The Balaban J connectivity index is 3.58. The molecule has 0 radical (unpaired) electrons. The van der Waals surface area contributed by atoms with E-state index in [0.717, 1.165) is 5.56 Å². The van der Waals surface area contributed by atoms with E-state index in [1.165, 1.54) is 5.56 Å². The van der Waals surface area contributed by atoms with E-state index in [1.54, 1.807) is 6.07 Å². The summed E-state index contributed by atoms with van der Waals surface area (Å²) in [6.45, 7) is 12.7. The lowest BCUT2D eigenvalue weighted by Gasteiger charge is -2.32. The second-order valence-electron chi connectivity index (χ2n) is 6.64. The highest BCUT2D eigenvalue weighted by Gasteiger charge is 2.30. The fraction of sp³-hybridized carbons (Fsp3) is 0.571. The van der Waals surface area contributed by atoms with E-state index < -0.39 is 7.12 Å². The molecule has 0 saturated carbocycles. The van der Waals surface area contributed by atoms with E-state index in [0.29, 0.717) is 5.46 Å². The van der Waals surface area contributed by atoms with E-state index in [9.17, 15) is 10.0 Å². The second kappa shape index (κ2) is 4.47. The first-order valence-corrected chi connectivity index (χ1v) is 6.05. The maximum atomic E-state index is 9.51. The van der Waals surface area contributed by atoms with Crippen molar-refractivity contribution in [3.63, 3.8) is 0 Å². The van der Waals surface area contributed by atoms with Gasteiger partial charge in [0.25, 0.3) is 0 Å². The molecule has 94 valence electrons. The minimum absolute atomic E-state index is 0.00644. The van der Waals surface area contributed by atoms with Crippen molar-refractivity contribution in [3.05, 3.63) is 29.3 Å². The normalized spacial score (nSPS) is 12.7. The van der Waals surface area contributed by atoms with Crippen molar-refractivity contribution in [2.24, 2.45) is 0 Å². The van der Waals surface area contributed by atoms with Gasteiger partial charge < -0.3 is 10.0 Å². The Morgan fingerprint density at radius 1 is 0.882 bits per heavy atom. The van der Waals surface area contributed by atoms with E-state index >= 15 is 0 Å². The molecular weight excluding hydrogens is 211 g/mol. The highest BCUT2D eigenvalue weighted by molar-refractivity contribution is 6.59. The lowest BCUT2D eigenvalue weighted by molar-refractivity contribution is 0.423. The first kappa shape index (κ1) is 14.3. The number of rotatable bonds is 1. The molecule has 2 N–H and O–H groups in total. The molecule has 0 aliphatic heterocycles. The minimum atomic E-state index is -1.41. The molecule has 0 spiro atoms. The summed E-state index contributed by atoms with van der Waals surface area (Å²) >= 11 is 0. The number of hydrogen-bond acceptors (Lipinski definition) is 2.